The molecule has 0 aromatic rings. The van der Waals surface area contributed by atoms with Crippen LogP contribution in [0.4, 0.5) is 0 Å². The van der Waals surface area contributed by atoms with Crippen molar-refractivity contribution in [3.63, 3.8) is 0 Å². The minimum Gasteiger partial charge on any atom is -0.381 e. The summed E-state index contributed by atoms with van der Waals surface area (Å²) in [6.07, 6.45) is 1.99. The summed E-state index contributed by atoms with van der Waals surface area (Å²) in [5.41, 5.74) is 6.22. The van der Waals surface area contributed by atoms with Crippen LogP contribution in [0, 0.1) is 0 Å². The first-order valence-corrected chi connectivity index (χ1v) is 4.71. The summed E-state index contributed by atoms with van der Waals surface area (Å²) in [5, 5.41) is 0. The van der Waals surface area contributed by atoms with E-state index in [0.29, 0.717) is 0 Å². The lowest BCUT2D eigenvalue weighted by Crippen LogP contribution is -2.52. The fourth-order valence-corrected chi connectivity index (χ4v) is 1.59. The Morgan fingerprint density at radius 1 is 1.42 bits per heavy atom. The van der Waals surface area contributed by atoms with Gasteiger partial charge in [-0.2, -0.15) is 0 Å². The Morgan fingerprint density at radius 2 is 2.00 bits per heavy atom. The SMILES string of the molecule is CCN(C)CC1(N)CCOCC1. The largest absolute Gasteiger partial charge is 0.381 e. The molecule has 0 spiro atoms. The zero-order chi connectivity index (χ0) is 9.03. The topological polar surface area (TPSA) is 38.5 Å². The number of rotatable bonds is 3. The zero-order valence-electron chi connectivity index (χ0n) is 8.18. The first-order valence-electron chi connectivity index (χ1n) is 4.71. The second-order valence-electron chi connectivity index (χ2n) is 3.81. The maximum absolute atomic E-state index is 6.21. The van der Waals surface area contributed by atoms with Crippen LogP contribution in [0.1, 0.15) is 19.8 Å². The van der Waals surface area contributed by atoms with Crippen molar-refractivity contribution in [1.82, 2.24) is 4.90 Å². The Labute approximate surface area is 74.9 Å². The molecule has 3 heteroatoms. The highest BCUT2D eigenvalue weighted by molar-refractivity contribution is 4.88. The number of hydrogen-bond donors (Lipinski definition) is 1. The summed E-state index contributed by atoms with van der Waals surface area (Å²) in [4.78, 5) is 2.27. The average molecular weight is 172 g/mol. The van der Waals surface area contributed by atoms with Crippen LogP contribution in [0.2, 0.25) is 0 Å². The Balaban J connectivity index is 2.35. The normalized spacial score (nSPS) is 23.0. The molecule has 0 aromatic heterocycles. The molecular weight excluding hydrogens is 152 g/mol. The van der Waals surface area contributed by atoms with Crippen molar-refractivity contribution in [3.05, 3.63) is 0 Å². The van der Waals surface area contributed by atoms with Gasteiger partial charge >= 0.3 is 0 Å². The number of likely N-dealkylation sites (N-methyl/N-ethyl adjacent to an activating group) is 1. The third-order valence-corrected chi connectivity index (χ3v) is 2.61. The van der Waals surface area contributed by atoms with Gasteiger partial charge in [-0.05, 0) is 26.4 Å². The van der Waals surface area contributed by atoms with Gasteiger partial charge in [0.05, 0.1) is 0 Å². The van der Waals surface area contributed by atoms with E-state index >= 15 is 0 Å². The molecule has 0 radical (unpaired) electrons. The van der Waals surface area contributed by atoms with Crippen molar-refractivity contribution in [3.8, 4) is 0 Å². The third kappa shape index (κ3) is 2.73. The molecule has 1 aliphatic heterocycles. The van der Waals surface area contributed by atoms with Gasteiger partial charge in [0.25, 0.3) is 0 Å². The lowest BCUT2D eigenvalue weighted by molar-refractivity contribution is 0.0417. The maximum Gasteiger partial charge on any atom is 0.0484 e. The van der Waals surface area contributed by atoms with Crippen LogP contribution >= 0.6 is 0 Å². The monoisotopic (exact) mass is 172 g/mol. The highest BCUT2D eigenvalue weighted by atomic mass is 16.5. The van der Waals surface area contributed by atoms with E-state index in [1.807, 2.05) is 0 Å². The molecule has 2 N–H and O–H groups in total. The van der Waals surface area contributed by atoms with Gasteiger partial charge in [-0.15, -0.1) is 0 Å². The molecule has 1 rings (SSSR count). The molecule has 12 heavy (non-hydrogen) atoms. The fraction of sp³-hybridized carbons (Fsp3) is 1.00. The lowest BCUT2D eigenvalue weighted by atomic mass is 9.91. The van der Waals surface area contributed by atoms with Gasteiger partial charge < -0.3 is 15.4 Å². The van der Waals surface area contributed by atoms with Crippen LogP contribution in [-0.4, -0.2) is 43.8 Å². The van der Waals surface area contributed by atoms with Gasteiger partial charge in [0.2, 0.25) is 0 Å². The number of nitrogens with two attached hydrogens (primary N) is 1. The van der Waals surface area contributed by atoms with Crippen LogP contribution < -0.4 is 5.73 Å². The van der Waals surface area contributed by atoms with Crippen molar-refractivity contribution in [2.45, 2.75) is 25.3 Å². The second kappa shape index (κ2) is 4.21. The molecule has 0 aliphatic carbocycles. The van der Waals surface area contributed by atoms with Crippen LogP contribution in [0.3, 0.4) is 0 Å². The summed E-state index contributed by atoms with van der Waals surface area (Å²) in [7, 11) is 2.12. The van der Waals surface area contributed by atoms with Crippen LogP contribution in [0.25, 0.3) is 0 Å². The predicted molar refractivity (Wildman–Crippen MR) is 50.1 cm³/mol. The molecule has 1 fully saturated rings. The van der Waals surface area contributed by atoms with Gasteiger partial charge in [0.1, 0.15) is 0 Å². The summed E-state index contributed by atoms with van der Waals surface area (Å²) < 4.78 is 5.28. The Bertz CT molecular complexity index is 132. The Morgan fingerprint density at radius 3 is 2.50 bits per heavy atom. The van der Waals surface area contributed by atoms with Crippen LogP contribution in [-0.2, 0) is 4.74 Å². The van der Waals surface area contributed by atoms with Gasteiger partial charge in [0, 0.05) is 25.3 Å². The summed E-state index contributed by atoms with van der Waals surface area (Å²) in [6, 6.07) is 0. The smallest absolute Gasteiger partial charge is 0.0484 e. The minimum absolute atomic E-state index is 0.00299. The standard InChI is InChI=1S/C9H20N2O/c1-3-11(2)8-9(10)4-6-12-7-5-9/h3-8,10H2,1-2H3. The molecule has 0 bridgehead atoms. The molecule has 0 unspecified atom stereocenters. The van der Waals surface area contributed by atoms with E-state index in [0.717, 1.165) is 39.1 Å². The summed E-state index contributed by atoms with van der Waals surface area (Å²) >= 11 is 0. The minimum atomic E-state index is 0.00299. The molecule has 1 saturated heterocycles. The van der Waals surface area contributed by atoms with Crippen molar-refractivity contribution >= 4 is 0 Å². The predicted octanol–water partition coefficient (Wildman–Crippen LogP) is 0.446. The van der Waals surface area contributed by atoms with E-state index in [1.54, 1.807) is 0 Å². The van der Waals surface area contributed by atoms with Gasteiger partial charge in [-0.25, -0.2) is 0 Å². The number of nitrogens with zero attached hydrogens (tertiary/aromatic N) is 1. The quantitative estimate of drug-likeness (QED) is 0.671. The third-order valence-electron chi connectivity index (χ3n) is 2.61. The molecule has 3 nitrogen and oxygen atoms in total. The molecule has 72 valence electrons. The Hall–Kier alpha value is -0.120. The molecule has 0 amide bonds. The van der Waals surface area contributed by atoms with Crippen molar-refractivity contribution < 1.29 is 4.74 Å². The van der Waals surface area contributed by atoms with Gasteiger partial charge in [0.15, 0.2) is 0 Å². The second-order valence-corrected chi connectivity index (χ2v) is 3.81. The van der Waals surface area contributed by atoms with E-state index < -0.39 is 0 Å². The first kappa shape index (κ1) is 9.96. The first-order chi connectivity index (χ1) is 5.66. The number of hydrogen-bond acceptors (Lipinski definition) is 3. The average Bonchev–Trinajstić information content (AvgIpc) is 2.05. The molecule has 0 aromatic carbocycles. The van der Waals surface area contributed by atoms with Crippen LogP contribution in [0.15, 0.2) is 0 Å². The van der Waals surface area contributed by atoms with Crippen molar-refractivity contribution in [1.29, 1.82) is 0 Å². The lowest BCUT2D eigenvalue weighted by Gasteiger charge is -2.36. The summed E-state index contributed by atoms with van der Waals surface area (Å²) in [6.45, 7) is 5.87. The van der Waals surface area contributed by atoms with E-state index in [4.69, 9.17) is 10.5 Å². The van der Waals surface area contributed by atoms with Crippen molar-refractivity contribution in [2.75, 3.05) is 33.4 Å². The molecular formula is C9H20N2O. The van der Waals surface area contributed by atoms with E-state index in [1.165, 1.54) is 0 Å². The zero-order valence-corrected chi connectivity index (χ0v) is 8.18. The molecule has 0 atom stereocenters. The van der Waals surface area contributed by atoms with E-state index in [9.17, 15) is 0 Å². The maximum atomic E-state index is 6.21. The van der Waals surface area contributed by atoms with Gasteiger partial charge in [-0.3, -0.25) is 0 Å². The summed E-state index contributed by atoms with van der Waals surface area (Å²) in [5.74, 6) is 0. The van der Waals surface area contributed by atoms with Crippen LogP contribution in [0.5, 0.6) is 0 Å². The number of ether oxygens (including phenoxy) is 1. The molecule has 0 saturated carbocycles. The highest BCUT2D eigenvalue weighted by Crippen LogP contribution is 2.18. The van der Waals surface area contributed by atoms with E-state index in [-0.39, 0.29) is 5.54 Å². The van der Waals surface area contributed by atoms with E-state index in [2.05, 4.69) is 18.9 Å². The Kier molecular flexibility index (Phi) is 3.50. The van der Waals surface area contributed by atoms with Crippen molar-refractivity contribution in [2.24, 2.45) is 5.73 Å². The highest BCUT2D eigenvalue weighted by Gasteiger charge is 2.28. The molecule has 1 aliphatic rings. The van der Waals surface area contributed by atoms with Gasteiger partial charge in [-0.1, -0.05) is 6.92 Å². The molecule has 1 heterocycles. The fourth-order valence-electron chi connectivity index (χ4n) is 1.59.